The van der Waals surface area contributed by atoms with Crippen molar-refractivity contribution in [2.45, 2.75) is 21.7 Å². The Morgan fingerprint density at radius 1 is 0.113 bits per heavy atom. The lowest BCUT2D eigenvalue weighted by Gasteiger charge is -2.35. The standard InChI is InChI=1S/C106H70/c1-9-33-75(34-10-1)103(76-35-11-2-12-36-76)93-53-29-25-49-85(93)89-61-57-71(67-97(89)103)83-65-66-84(72-58-62-90-86-50-26-30-54-94(86)104(98(90)68-72,77-37-13-3-14-38-77)78-39-15-4-16-40-78)102(74-60-64-92-88-52-28-32-56-96(88)106(100(92)70-74,81-45-21-7-22-46-81)82-47-23-8-24-48-82)101(83)73-59-63-91-87-51-27-31-55-95(87)105(99(91)69-73,79-41-17-5-18-42-79)80-43-19-6-20-44-80/h1-70H. The molecule has 0 radical (unpaired) electrons. The molecule has 4 aliphatic carbocycles. The maximum atomic E-state index is 2.61. The average molecular weight is 1340 g/mol. The highest BCUT2D eigenvalue weighted by molar-refractivity contribution is 6.05. The zero-order valence-electron chi connectivity index (χ0n) is 58.4. The van der Waals surface area contributed by atoms with Gasteiger partial charge in [-0.05, 0) is 202 Å². The third-order valence-corrected chi connectivity index (χ3v) is 24.2. The van der Waals surface area contributed by atoms with Crippen molar-refractivity contribution in [2.75, 3.05) is 0 Å². The number of fused-ring (bicyclic) bond motifs is 12. The summed E-state index contributed by atoms with van der Waals surface area (Å²) in [7, 11) is 0. The minimum Gasteiger partial charge on any atom is -0.0622 e. The van der Waals surface area contributed by atoms with Crippen LogP contribution in [0.2, 0.25) is 0 Å². The molecule has 0 bridgehead atoms. The molecule has 0 N–H and O–H groups in total. The van der Waals surface area contributed by atoms with Crippen LogP contribution in [0.1, 0.15) is 89.0 Å². The molecule has 21 rings (SSSR count). The average Bonchev–Trinajstić information content (AvgIpc) is 1.50. The highest BCUT2D eigenvalue weighted by Crippen LogP contribution is 2.64. The molecule has 0 nitrogen and oxygen atoms in total. The zero-order valence-corrected chi connectivity index (χ0v) is 58.4. The molecule has 0 amide bonds. The van der Waals surface area contributed by atoms with Gasteiger partial charge >= 0.3 is 0 Å². The van der Waals surface area contributed by atoms with Crippen molar-refractivity contribution in [3.63, 3.8) is 0 Å². The van der Waals surface area contributed by atoms with Gasteiger partial charge in [0.15, 0.2) is 0 Å². The van der Waals surface area contributed by atoms with E-state index in [9.17, 15) is 0 Å². The molecule has 0 heteroatoms. The van der Waals surface area contributed by atoms with E-state index in [0.717, 1.165) is 44.5 Å². The van der Waals surface area contributed by atoms with E-state index in [2.05, 4.69) is 425 Å². The second kappa shape index (κ2) is 24.2. The maximum Gasteiger partial charge on any atom is 0.0713 e. The number of rotatable bonds is 12. The summed E-state index contributed by atoms with van der Waals surface area (Å²) in [6.07, 6.45) is 0. The second-order valence-electron chi connectivity index (χ2n) is 29.1. The SMILES string of the molecule is c1ccc(C2(c3ccccc3)c3ccccc3-c3ccc(-c4ccc(-c5ccc6c(c5)C(c5ccccc5)(c5ccccc5)c5ccccc5-6)c(-c5ccc6c(c5)C(c5ccccc5)(c5ccccc5)c5ccccc5-6)c4-c4ccc5c(c4)C(c4ccccc4)(c4ccccc4)c4ccccc4-5)cc32)cc1. The molecule has 17 aromatic rings. The molecule has 0 aromatic heterocycles. The van der Waals surface area contributed by atoms with Crippen LogP contribution < -0.4 is 0 Å². The molecular formula is C106H70. The van der Waals surface area contributed by atoms with Gasteiger partial charge in [0, 0.05) is 0 Å². The van der Waals surface area contributed by atoms with E-state index in [1.165, 1.54) is 134 Å². The first-order chi connectivity index (χ1) is 52.6. The van der Waals surface area contributed by atoms with Gasteiger partial charge in [0.25, 0.3) is 0 Å². The van der Waals surface area contributed by atoms with Crippen LogP contribution in [0.4, 0.5) is 0 Å². The summed E-state index contributed by atoms with van der Waals surface area (Å²) in [5.41, 5.74) is 36.5. The van der Waals surface area contributed by atoms with Crippen LogP contribution in [-0.2, 0) is 21.7 Å². The topological polar surface area (TPSA) is 0 Å². The van der Waals surface area contributed by atoms with Gasteiger partial charge in [-0.3, -0.25) is 0 Å². The Labute approximate surface area is 620 Å². The Bertz CT molecular complexity index is 5730. The van der Waals surface area contributed by atoms with Crippen LogP contribution in [0, 0.1) is 0 Å². The summed E-state index contributed by atoms with van der Waals surface area (Å²) in [6, 6.07) is 162. The highest BCUT2D eigenvalue weighted by Gasteiger charge is 2.51. The van der Waals surface area contributed by atoms with Crippen molar-refractivity contribution < 1.29 is 0 Å². The van der Waals surface area contributed by atoms with Gasteiger partial charge in [-0.1, -0.05) is 400 Å². The molecule has 0 aliphatic heterocycles. The van der Waals surface area contributed by atoms with E-state index >= 15 is 0 Å². The molecule has 0 saturated heterocycles. The Morgan fingerprint density at radius 2 is 0.274 bits per heavy atom. The minimum absolute atomic E-state index is 0.642. The Hall–Kier alpha value is -13.3. The lowest BCUT2D eigenvalue weighted by molar-refractivity contribution is 0.768. The Morgan fingerprint density at radius 3 is 0.491 bits per heavy atom. The zero-order chi connectivity index (χ0) is 70.0. The molecule has 0 unspecified atom stereocenters. The van der Waals surface area contributed by atoms with E-state index in [1.807, 2.05) is 0 Å². The van der Waals surface area contributed by atoms with Gasteiger partial charge in [0.05, 0.1) is 21.7 Å². The first-order valence-electron chi connectivity index (χ1n) is 37.2. The Kier molecular flexibility index (Phi) is 14.0. The lowest BCUT2D eigenvalue weighted by atomic mass is 9.66. The fourth-order valence-corrected chi connectivity index (χ4v) is 20.1. The van der Waals surface area contributed by atoms with Crippen molar-refractivity contribution in [3.05, 3.63) is 514 Å². The summed E-state index contributed by atoms with van der Waals surface area (Å²) in [5.74, 6) is 0. The first kappa shape index (κ1) is 61.4. The van der Waals surface area contributed by atoms with Crippen molar-refractivity contribution in [1.82, 2.24) is 0 Å². The van der Waals surface area contributed by atoms with Crippen LogP contribution >= 0.6 is 0 Å². The third kappa shape index (κ3) is 8.59. The normalized spacial score (nSPS) is 14.3. The van der Waals surface area contributed by atoms with Crippen LogP contribution in [0.25, 0.3) is 89.0 Å². The van der Waals surface area contributed by atoms with E-state index in [1.54, 1.807) is 0 Å². The molecule has 494 valence electrons. The van der Waals surface area contributed by atoms with Gasteiger partial charge in [-0.2, -0.15) is 0 Å². The lowest BCUT2D eigenvalue weighted by Crippen LogP contribution is -2.28. The molecule has 0 atom stereocenters. The third-order valence-electron chi connectivity index (χ3n) is 24.2. The van der Waals surface area contributed by atoms with Gasteiger partial charge in [-0.25, -0.2) is 0 Å². The van der Waals surface area contributed by atoms with Crippen molar-refractivity contribution in [2.24, 2.45) is 0 Å². The summed E-state index contributed by atoms with van der Waals surface area (Å²) >= 11 is 0. The number of hydrogen-bond acceptors (Lipinski definition) is 0. The summed E-state index contributed by atoms with van der Waals surface area (Å²) < 4.78 is 0. The highest BCUT2D eigenvalue weighted by atomic mass is 14.5. The molecule has 106 heavy (non-hydrogen) atoms. The van der Waals surface area contributed by atoms with E-state index in [0.29, 0.717) is 0 Å². The molecule has 0 saturated carbocycles. The van der Waals surface area contributed by atoms with Crippen LogP contribution in [-0.4, -0.2) is 0 Å². The van der Waals surface area contributed by atoms with Crippen molar-refractivity contribution in [1.29, 1.82) is 0 Å². The fourth-order valence-electron chi connectivity index (χ4n) is 20.1. The first-order valence-corrected chi connectivity index (χ1v) is 37.2. The Balaban J connectivity index is 0.925. The van der Waals surface area contributed by atoms with Crippen LogP contribution in [0.3, 0.4) is 0 Å². The van der Waals surface area contributed by atoms with Crippen molar-refractivity contribution in [3.8, 4) is 89.0 Å². The van der Waals surface area contributed by atoms with E-state index in [-0.39, 0.29) is 0 Å². The quantitative estimate of drug-likeness (QED) is 0.114. The molecule has 0 fully saturated rings. The van der Waals surface area contributed by atoms with Gasteiger partial charge in [0.2, 0.25) is 0 Å². The molecule has 0 spiro atoms. The van der Waals surface area contributed by atoms with Gasteiger partial charge in [-0.15, -0.1) is 0 Å². The fraction of sp³-hybridized carbons (Fsp3) is 0.0377. The number of benzene rings is 17. The second-order valence-corrected chi connectivity index (χ2v) is 29.1. The summed E-state index contributed by atoms with van der Waals surface area (Å²) in [4.78, 5) is 0. The van der Waals surface area contributed by atoms with Gasteiger partial charge in [0.1, 0.15) is 0 Å². The molecule has 0 heterocycles. The monoisotopic (exact) mass is 1340 g/mol. The largest absolute Gasteiger partial charge is 0.0713 e. The van der Waals surface area contributed by atoms with E-state index < -0.39 is 21.7 Å². The maximum absolute atomic E-state index is 2.61. The predicted octanol–water partition coefficient (Wildman–Crippen LogP) is 25.8. The van der Waals surface area contributed by atoms with E-state index in [4.69, 9.17) is 0 Å². The molecule has 17 aromatic carbocycles. The van der Waals surface area contributed by atoms with Gasteiger partial charge < -0.3 is 0 Å². The smallest absolute Gasteiger partial charge is 0.0622 e. The molecular weight excluding hydrogens is 1270 g/mol. The minimum atomic E-state index is -0.676. The van der Waals surface area contributed by atoms with Crippen LogP contribution in [0.15, 0.2) is 425 Å². The molecule has 4 aliphatic rings. The summed E-state index contributed by atoms with van der Waals surface area (Å²) in [5, 5.41) is 0. The predicted molar refractivity (Wildman–Crippen MR) is 437 cm³/mol. The van der Waals surface area contributed by atoms with Crippen LogP contribution in [0.5, 0.6) is 0 Å². The summed E-state index contributed by atoms with van der Waals surface area (Å²) in [6.45, 7) is 0. The number of hydrogen-bond donors (Lipinski definition) is 0. The van der Waals surface area contributed by atoms with Crippen molar-refractivity contribution >= 4 is 0 Å².